The first-order valence-electron chi connectivity index (χ1n) is 8.69. The standard InChI is InChI=1S/C20H16F3N3O2/c1-12-4-2-7-16(8-12)26-11-14(10-17(26)27)19-24-18(25-28-19)13-5-3-6-15(9-13)20(21,22)23/h2-9,14H,10-11H2,1H3. The first-order valence-corrected chi connectivity index (χ1v) is 8.69. The lowest BCUT2D eigenvalue weighted by Crippen LogP contribution is -2.24. The molecule has 5 nitrogen and oxygen atoms in total. The summed E-state index contributed by atoms with van der Waals surface area (Å²) >= 11 is 0. The topological polar surface area (TPSA) is 59.2 Å². The highest BCUT2D eigenvalue weighted by molar-refractivity contribution is 5.96. The van der Waals surface area contributed by atoms with E-state index in [1.807, 2.05) is 31.2 Å². The number of aromatic nitrogens is 2. The molecule has 2 aromatic carbocycles. The van der Waals surface area contributed by atoms with Crippen molar-refractivity contribution in [3.05, 3.63) is 65.5 Å². The van der Waals surface area contributed by atoms with Gasteiger partial charge in [0.2, 0.25) is 17.6 Å². The lowest BCUT2D eigenvalue weighted by molar-refractivity contribution is -0.137. The fourth-order valence-corrected chi connectivity index (χ4v) is 3.27. The second-order valence-corrected chi connectivity index (χ2v) is 6.78. The zero-order chi connectivity index (χ0) is 19.9. The zero-order valence-electron chi connectivity index (χ0n) is 14.9. The third kappa shape index (κ3) is 3.49. The van der Waals surface area contributed by atoms with Crippen LogP contribution in [0, 0.1) is 6.92 Å². The van der Waals surface area contributed by atoms with Crippen molar-refractivity contribution in [3.63, 3.8) is 0 Å². The van der Waals surface area contributed by atoms with Gasteiger partial charge in [-0.1, -0.05) is 29.4 Å². The molecule has 0 saturated carbocycles. The van der Waals surface area contributed by atoms with Crippen molar-refractivity contribution >= 4 is 11.6 Å². The van der Waals surface area contributed by atoms with Gasteiger partial charge in [-0.3, -0.25) is 4.79 Å². The number of alkyl halides is 3. The van der Waals surface area contributed by atoms with Gasteiger partial charge in [0, 0.05) is 24.2 Å². The monoisotopic (exact) mass is 387 g/mol. The molecule has 1 atom stereocenters. The summed E-state index contributed by atoms with van der Waals surface area (Å²) in [7, 11) is 0. The molecule has 0 aliphatic carbocycles. The molecular weight excluding hydrogens is 371 g/mol. The van der Waals surface area contributed by atoms with Crippen molar-refractivity contribution in [3.8, 4) is 11.4 Å². The van der Waals surface area contributed by atoms with Gasteiger partial charge in [0.15, 0.2) is 0 Å². The van der Waals surface area contributed by atoms with Gasteiger partial charge in [-0.2, -0.15) is 18.2 Å². The second-order valence-electron chi connectivity index (χ2n) is 6.78. The van der Waals surface area contributed by atoms with Crippen molar-refractivity contribution in [2.45, 2.75) is 25.4 Å². The molecule has 1 unspecified atom stereocenters. The highest BCUT2D eigenvalue weighted by Gasteiger charge is 2.35. The van der Waals surface area contributed by atoms with E-state index < -0.39 is 11.7 Å². The van der Waals surface area contributed by atoms with E-state index in [9.17, 15) is 18.0 Å². The molecule has 0 spiro atoms. The van der Waals surface area contributed by atoms with Crippen LogP contribution in [-0.2, 0) is 11.0 Å². The summed E-state index contributed by atoms with van der Waals surface area (Å²) in [4.78, 5) is 18.3. The first kappa shape index (κ1) is 18.2. The zero-order valence-corrected chi connectivity index (χ0v) is 14.9. The maximum Gasteiger partial charge on any atom is 0.416 e. The Morgan fingerprint density at radius 3 is 2.68 bits per heavy atom. The van der Waals surface area contributed by atoms with Crippen LogP contribution in [0.3, 0.4) is 0 Å². The van der Waals surface area contributed by atoms with Crippen LogP contribution in [-0.4, -0.2) is 22.6 Å². The van der Waals surface area contributed by atoms with Crippen molar-refractivity contribution in [1.82, 2.24) is 10.1 Å². The fourth-order valence-electron chi connectivity index (χ4n) is 3.27. The highest BCUT2D eigenvalue weighted by Crippen LogP contribution is 2.34. The minimum absolute atomic E-state index is 0.0607. The fraction of sp³-hybridized carbons (Fsp3) is 0.250. The number of aryl methyl sites for hydroxylation is 1. The second kappa shape index (κ2) is 6.78. The predicted octanol–water partition coefficient (Wildman–Crippen LogP) is 4.58. The minimum atomic E-state index is -4.45. The summed E-state index contributed by atoms with van der Waals surface area (Å²) in [5, 5.41) is 3.81. The number of amides is 1. The number of hydrogen-bond acceptors (Lipinski definition) is 4. The van der Waals surface area contributed by atoms with E-state index in [4.69, 9.17) is 4.52 Å². The first-order chi connectivity index (χ1) is 13.3. The minimum Gasteiger partial charge on any atom is -0.339 e. The lowest BCUT2D eigenvalue weighted by atomic mass is 10.1. The molecule has 8 heteroatoms. The summed E-state index contributed by atoms with van der Waals surface area (Å²) in [6.45, 7) is 2.33. The molecule has 28 heavy (non-hydrogen) atoms. The van der Waals surface area contributed by atoms with Crippen molar-refractivity contribution in [1.29, 1.82) is 0 Å². The van der Waals surface area contributed by atoms with E-state index in [1.54, 1.807) is 4.90 Å². The van der Waals surface area contributed by atoms with Gasteiger partial charge < -0.3 is 9.42 Å². The quantitative estimate of drug-likeness (QED) is 0.660. The third-order valence-corrected chi connectivity index (χ3v) is 4.68. The van der Waals surface area contributed by atoms with Gasteiger partial charge in [0.25, 0.3) is 0 Å². The van der Waals surface area contributed by atoms with Crippen LogP contribution in [0.5, 0.6) is 0 Å². The molecule has 0 radical (unpaired) electrons. The molecule has 144 valence electrons. The van der Waals surface area contributed by atoms with Gasteiger partial charge in [-0.05, 0) is 36.8 Å². The molecule has 1 aliphatic rings. The average molecular weight is 387 g/mol. The van der Waals surface area contributed by atoms with Crippen LogP contribution in [0.25, 0.3) is 11.4 Å². The van der Waals surface area contributed by atoms with E-state index >= 15 is 0 Å². The van der Waals surface area contributed by atoms with Gasteiger partial charge >= 0.3 is 6.18 Å². The Hall–Kier alpha value is -3.16. The number of halogens is 3. The Bertz CT molecular complexity index is 1030. The molecular formula is C20H16F3N3O2. The Morgan fingerprint density at radius 2 is 1.93 bits per heavy atom. The van der Waals surface area contributed by atoms with Gasteiger partial charge in [-0.25, -0.2) is 0 Å². The number of hydrogen-bond donors (Lipinski definition) is 0. The Balaban J connectivity index is 1.56. The largest absolute Gasteiger partial charge is 0.416 e. The summed E-state index contributed by atoms with van der Waals surface area (Å²) in [5.41, 5.74) is 1.27. The summed E-state index contributed by atoms with van der Waals surface area (Å²) in [6, 6.07) is 12.4. The van der Waals surface area contributed by atoms with Gasteiger partial charge in [0.1, 0.15) is 0 Å². The molecule has 4 rings (SSSR count). The van der Waals surface area contributed by atoms with E-state index in [0.717, 1.165) is 23.4 Å². The van der Waals surface area contributed by atoms with E-state index in [1.165, 1.54) is 12.1 Å². The number of carbonyl (C=O) groups excluding carboxylic acids is 1. The Morgan fingerprint density at radius 1 is 1.14 bits per heavy atom. The SMILES string of the molecule is Cc1cccc(N2CC(c3nc(-c4cccc(C(F)(F)F)c4)no3)CC2=O)c1. The predicted molar refractivity (Wildman–Crippen MR) is 95.6 cm³/mol. The van der Waals surface area contributed by atoms with E-state index in [2.05, 4.69) is 10.1 Å². The highest BCUT2D eigenvalue weighted by atomic mass is 19.4. The summed E-state index contributed by atoms with van der Waals surface area (Å²) < 4.78 is 44.0. The van der Waals surface area contributed by atoms with Crippen LogP contribution < -0.4 is 4.90 Å². The molecule has 2 heterocycles. The summed E-state index contributed by atoms with van der Waals surface area (Å²) in [5.74, 6) is -0.0482. The van der Waals surface area contributed by atoms with E-state index in [-0.39, 0.29) is 35.5 Å². The molecule has 3 aromatic rings. The number of anilines is 1. The van der Waals surface area contributed by atoms with Crippen molar-refractivity contribution in [2.75, 3.05) is 11.4 Å². The van der Waals surface area contributed by atoms with Gasteiger partial charge in [-0.15, -0.1) is 0 Å². The van der Waals surface area contributed by atoms with Crippen LogP contribution in [0.2, 0.25) is 0 Å². The molecule has 1 amide bonds. The molecule has 0 N–H and O–H groups in total. The molecule has 1 saturated heterocycles. The van der Waals surface area contributed by atoms with Crippen molar-refractivity contribution in [2.24, 2.45) is 0 Å². The smallest absolute Gasteiger partial charge is 0.339 e. The molecule has 0 bridgehead atoms. The maximum atomic E-state index is 12.9. The normalized spacial score (nSPS) is 17.4. The third-order valence-electron chi connectivity index (χ3n) is 4.68. The Labute approximate surface area is 158 Å². The average Bonchev–Trinajstić information content (AvgIpc) is 3.28. The van der Waals surface area contributed by atoms with Crippen LogP contribution in [0.4, 0.5) is 18.9 Å². The lowest BCUT2D eigenvalue weighted by Gasteiger charge is -2.16. The number of nitrogens with zero attached hydrogens (tertiary/aromatic N) is 3. The van der Waals surface area contributed by atoms with Crippen LogP contribution in [0.1, 0.15) is 29.4 Å². The van der Waals surface area contributed by atoms with Crippen LogP contribution in [0.15, 0.2) is 53.1 Å². The van der Waals surface area contributed by atoms with Gasteiger partial charge in [0.05, 0.1) is 11.5 Å². The molecule has 1 aliphatic heterocycles. The van der Waals surface area contributed by atoms with Crippen LogP contribution >= 0.6 is 0 Å². The number of rotatable bonds is 3. The number of carbonyl (C=O) groups is 1. The Kier molecular flexibility index (Phi) is 4.41. The molecule has 1 aromatic heterocycles. The number of benzene rings is 2. The van der Waals surface area contributed by atoms with Crippen molar-refractivity contribution < 1.29 is 22.5 Å². The van der Waals surface area contributed by atoms with E-state index in [0.29, 0.717) is 6.54 Å². The summed E-state index contributed by atoms with van der Waals surface area (Å²) in [6.07, 6.45) is -4.24. The maximum absolute atomic E-state index is 12.9. The molecule has 1 fully saturated rings.